The molecule has 2 N–H and O–H groups in total. The molecule has 0 bridgehead atoms. The molecule has 1 aromatic heterocycles. The zero-order valence-corrected chi connectivity index (χ0v) is 22.3. The number of fused-ring (bicyclic) bond motifs is 1. The number of ether oxygens (including phenoxy) is 4. The van der Waals surface area contributed by atoms with Crippen LogP contribution in [-0.2, 0) is 19.1 Å². The summed E-state index contributed by atoms with van der Waals surface area (Å²) in [5, 5.41) is 0. The van der Waals surface area contributed by atoms with Gasteiger partial charge in [0, 0.05) is 0 Å². The zero-order valence-electron chi connectivity index (χ0n) is 21.5. The van der Waals surface area contributed by atoms with Gasteiger partial charge in [0.05, 0.1) is 49.0 Å². The summed E-state index contributed by atoms with van der Waals surface area (Å²) in [5.41, 5.74) is 7.42. The van der Waals surface area contributed by atoms with Crippen molar-refractivity contribution in [2.45, 2.75) is 19.8 Å². The standard InChI is InChI=1S/C28H28N2O7S/c1-5-36-27(32)22-21(17-10-8-12-19(15-17)35-4)23(28(33)37-6-2)26-30(24(22)29)25(31)20(38-26)14-16-9-7-11-18(13-16)34-3/h7-15,21H,5-6,29H2,1-4H3/b20-14+/t21-/m1/s1. The molecule has 1 aliphatic rings. The molecular weight excluding hydrogens is 508 g/mol. The largest absolute Gasteiger partial charge is 0.497 e. The van der Waals surface area contributed by atoms with E-state index in [9.17, 15) is 14.4 Å². The number of rotatable bonds is 8. The van der Waals surface area contributed by atoms with Crippen molar-refractivity contribution in [3.05, 3.63) is 84.8 Å². The van der Waals surface area contributed by atoms with Crippen molar-refractivity contribution < 1.29 is 28.5 Å². The predicted octanol–water partition coefficient (Wildman–Crippen LogP) is 1.96. The van der Waals surface area contributed by atoms with E-state index in [0.29, 0.717) is 21.6 Å². The molecule has 4 rings (SSSR count). The van der Waals surface area contributed by atoms with Gasteiger partial charge in [-0.1, -0.05) is 24.3 Å². The number of hydrogen-bond acceptors (Lipinski definition) is 9. The van der Waals surface area contributed by atoms with E-state index in [4.69, 9.17) is 24.7 Å². The van der Waals surface area contributed by atoms with Gasteiger partial charge in [-0.15, -0.1) is 11.3 Å². The van der Waals surface area contributed by atoms with Crippen LogP contribution < -0.4 is 30.0 Å². The molecule has 0 saturated heterocycles. The van der Waals surface area contributed by atoms with Gasteiger partial charge in [0.15, 0.2) is 0 Å². The number of carbonyl (C=O) groups excluding carboxylic acids is 2. The first-order valence-electron chi connectivity index (χ1n) is 11.9. The Kier molecular flexibility index (Phi) is 8.02. The minimum atomic E-state index is -0.953. The van der Waals surface area contributed by atoms with E-state index < -0.39 is 23.4 Å². The van der Waals surface area contributed by atoms with Gasteiger partial charge in [-0.25, -0.2) is 9.59 Å². The molecule has 0 amide bonds. The fourth-order valence-electron chi connectivity index (χ4n) is 4.30. The summed E-state index contributed by atoms with van der Waals surface area (Å²) in [6, 6.07) is 14.2. The minimum Gasteiger partial charge on any atom is -0.497 e. The number of nitrogens with zero attached hydrogens (tertiary/aromatic N) is 1. The molecule has 38 heavy (non-hydrogen) atoms. The van der Waals surface area contributed by atoms with Crippen LogP contribution in [0, 0.1) is 0 Å². The van der Waals surface area contributed by atoms with E-state index in [2.05, 4.69) is 0 Å². The Morgan fingerprint density at radius 3 is 2.18 bits per heavy atom. The fraction of sp³-hybridized carbons (Fsp3) is 0.250. The SMILES string of the molecule is CCOC(=O)C1=C(N)n2c(s/c(=C/c3cccc(OC)c3)c2=O)=C(C(=O)OCC)[C@@H]1c1cccc(OC)c1. The van der Waals surface area contributed by atoms with Gasteiger partial charge >= 0.3 is 11.9 Å². The van der Waals surface area contributed by atoms with Crippen molar-refractivity contribution in [2.75, 3.05) is 27.4 Å². The average Bonchev–Trinajstić information content (AvgIpc) is 3.24. The number of nitrogens with two attached hydrogens (primary N) is 1. The maximum absolute atomic E-state index is 13.6. The molecule has 0 aliphatic carbocycles. The van der Waals surface area contributed by atoms with Crippen molar-refractivity contribution in [2.24, 2.45) is 5.73 Å². The summed E-state index contributed by atoms with van der Waals surface area (Å²) in [6.07, 6.45) is 1.68. The van der Waals surface area contributed by atoms with Crippen LogP contribution in [0.2, 0.25) is 0 Å². The Balaban J connectivity index is 2.11. The van der Waals surface area contributed by atoms with E-state index >= 15 is 0 Å². The van der Waals surface area contributed by atoms with Crippen molar-refractivity contribution in [1.29, 1.82) is 0 Å². The van der Waals surface area contributed by atoms with E-state index in [-0.39, 0.29) is 34.8 Å². The molecule has 0 saturated carbocycles. The third kappa shape index (κ3) is 4.95. The van der Waals surface area contributed by atoms with Crippen LogP contribution in [0.5, 0.6) is 11.5 Å². The molecule has 0 radical (unpaired) electrons. The molecule has 1 atom stereocenters. The molecule has 3 aromatic rings. The van der Waals surface area contributed by atoms with Gasteiger partial charge in [0.25, 0.3) is 5.56 Å². The smallest absolute Gasteiger partial charge is 0.338 e. The first-order chi connectivity index (χ1) is 18.3. The lowest BCUT2D eigenvalue weighted by Gasteiger charge is -2.27. The van der Waals surface area contributed by atoms with Crippen LogP contribution >= 0.6 is 11.3 Å². The maximum atomic E-state index is 13.6. The fourth-order valence-corrected chi connectivity index (χ4v) is 5.47. The number of aromatic nitrogens is 1. The number of carbonyl (C=O) groups is 2. The normalized spacial score (nSPS) is 15.2. The Morgan fingerprint density at radius 2 is 1.55 bits per heavy atom. The summed E-state index contributed by atoms with van der Waals surface area (Å²) < 4.78 is 23.2. The number of hydrogen-bond donors (Lipinski definition) is 1. The van der Waals surface area contributed by atoms with Crippen LogP contribution in [0.3, 0.4) is 0 Å². The van der Waals surface area contributed by atoms with Crippen molar-refractivity contribution in [3.63, 3.8) is 0 Å². The van der Waals surface area contributed by atoms with Crippen LogP contribution in [0.25, 0.3) is 17.5 Å². The first kappa shape index (κ1) is 26.7. The van der Waals surface area contributed by atoms with Gasteiger partial charge < -0.3 is 24.7 Å². The van der Waals surface area contributed by atoms with E-state index in [0.717, 1.165) is 16.9 Å². The number of thiazole rings is 1. The molecule has 0 unspecified atom stereocenters. The van der Waals surface area contributed by atoms with Gasteiger partial charge in [0.2, 0.25) is 0 Å². The molecule has 10 heteroatoms. The van der Waals surface area contributed by atoms with E-state index in [1.54, 1.807) is 69.5 Å². The third-order valence-electron chi connectivity index (χ3n) is 5.96. The number of methoxy groups -OCH3 is 2. The first-order valence-corrected chi connectivity index (χ1v) is 12.8. The summed E-state index contributed by atoms with van der Waals surface area (Å²) in [4.78, 5) is 40.4. The molecular formula is C28H28N2O7S. The van der Waals surface area contributed by atoms with Crippen LogP contribution in [0.15, 0.2) is 58.9 Å². The van der Waals surface area contributed by atoms with Crippen LogP contribution in [0.4, 0.5) is 0 Å². The zero-order chi connectivity index (χ0) is 27.4. The highest BCUT2D eigenvalue weighted by Gasteiger charge is 2.40. The van der Waals surface area contributed by atoms with Crippen LogP contribution in [0.1, 0.15) is 30.9 Å². The summed E-state index contributed by atoms with van der Waals surface area (Å²) in [5.74, 6) is -1.31. The number of esters is 2. The van der Waals surface area contributed by atoms with Crippen molar-refractivity contribution in [1.82, 2.24) is 4.57 Å². The highest BCUT2D eigenvalue weighted by molar-refractivity contribution is 7.07. The Hall–Kier alpha value is -4.31. The van der Waals surface area contributed by atoms with Gasteiger partial charge in [-0.05, 0) is 55.3 Å². The Labute approximate surface area is 223 Å². The monoisotopic (exact) mass is 536 g/mol. The van der Waals surface area contributed by atoms with Gasteiger partial charge in [0.1, 0.15) is 22.0 Å². The Bertz CT molecular complexity index is 1600. The maximum Gasteiger partial charge on any atom is 0.338 e. The Morgan fingerprint density at radius 1 is 0.947 bits per heavy atom. The van der Waals surface area contributed by atoms with Gasteiger partial charge in [-0.2, -0.15) is 0 Å². The van der Waals surface area contributed by atoms with E-state index in [1.807, 2.05) is 6.07 Å². The molecule has 9 nitrogen and oxygen atoms in total. The van der Waals surface area contributed by atoms with Gasteiger partial charge in [-0.3, -0.25) is 9.36 Å². The highest BCUT2D eigenvalue weighted by Crippen LogP contribution is 2.38. The van der Waals surface area contributed by atoms with Crippen LogP contribution in [-0.4, -0.2) is 43.9 Å². The summed E-state index contributed by atoms with van der Waals surface area (Å²) in [7, 11) is 3.07. The molecule has 0 fully saturated rings. The topological polar surface area (TPSA) is 119 Å². The third-order valence-corrected chi connectivity index (χ3v) is 7.07. The second kappa shape index (κ2) is 11.4. The lowest BCUT2D eigenvalue weighted by Crippen LogP contribution is -2.42. The lowest BCUT2D eigenvalue weighted by atomic mass is 9.83. The summed E-state index contributed by atoms with van der Waals surface area (Å²) >= 11 is 1.09. The number of benzene rings is 2. The van der Waals surface area contributed by atoms with Crippen molar-refractivity contribution >= 4 is 40.7 Å². The molecule has 198 valence electrons. The second-order valence-electron chi connectivity index (χ2n) is 8.20. The predicted molar refractivity (Wildman–Crippen MR) is 144 cm³/mol. The molecule has 2 aromatic carbocycles. The van der Waals surface area contributed by atoms with Crippen molar-refractivity contribution in [3.8, 4) is 11.5 Å². The van der Waals surface area contributed by atoms with E-state index in [1.165, 1.54) is 11.7 Å². The summed E-state index contributed by atoms with van der Waals surface area (Å²) in [6.45, 7) is 3.52. The molecule has 2 heterocycles. The second-order valence-corrected chi connectivity index (χ2v) is 9.23. The molecule has 1 aliphatic heterocycles. The highest BCUT2D eigenvalue weighted by atomic mass is 32.1. The lowest BCUT2D eigenvalue weighted by molar-refractivity contribution is -0.138. The quantitative estimate of drug-likeness (QED) is 0.434. The molecule has 0 spiro atoms. The average molecular weight is 537 g/mol. The minimum absolute atomic E-state index is 0.0245.